The van der Waals surface area contributed by atoms with Crippen molar-refractivity contribution < 1.29 is 9.18 Å². The molecule has 1 atom stereocenters. The Balaban J connectivity index is 2.03. The van der Waals surface area contributed by atoms with Crippen LogP contribution in [0.25, 0.3) is 0 Å². The number of hydrogen-bond donors (Lipinski definition) is 1. The van der Waals surface area contributed by atoms with E-state index in [1.54, 1.807) is 17.0 Å². The number of carbonyl (C=O) groups is 1. The minimum atomic E-state index is -0.400. The number of benzene rings is 2. The molecule has 1 aliphatic rings. The summed E-state index contributed by atoms with van der Waals surface area (Å²) in [5, 5.41) is 3.64. The smallest absolute Gasteiger partial charge is 0.229 e. The molecule has 1 aliphatic heterocycles. The zero-order valence-corrected chi connectivity index (χ0v) is 12.9. The number of nitrogens with one attached hydrogen (secondary N) is 1. The van der Waals surface area contributed by atoms with E-state index < -0.39 is 5.82 Å². The number of halogens is 2. The number of fused-ring (bicyclic) bond motifs is 1. The highest BCUT2D eigenvalue weighted by atomic mass is 35.5. The first kappa shape index (κ1) is 14.9. The Hall–Kier alpha value is -2.07. The van der Waals surface area contributed by atoms with Gasteiger partial charge in [0, 0.05) is 23.0 Å². The molecule has 114 valence electrons. The number of rotatable bonds is 2. The number of nitrogens with zero attached hydrogens (tertiary/aromatic N) is 1. The van der Waals surface area contributed by atoms with Gasteiger partial charge in [-0.3, -0.25) is 4.79 Å². The van der Waals surface area contributed by atoms with E-state index in [4.69, 9.17) is 11.6 Å². The lowest BCUT2D eigenvalue weighted by atomic mass is 10.1. The molecule has 0 saturated carbocycles. The second-order valence-electron chi connectivity index (χ2n) is 5.45. The molecule has 2 aromatic carbocycles. The molecule has 0 fully saturated rings. The van der Waals surface area contributed by atoms with Crippen molar-refractivity contribution in [3.63, 3.8) is 0 Å². The minimum Gasteiger partial charge on any atom is -0.380 e. The van der Waals surface area contributed by atoms with E-state index in [0.717, 1.165) is 11.4 Å². The molecular formula is C17H16ClFN2O. The standard InChI is InChI=1S/C17H16ClFN2O/c1-11-9-17(22)21(16-8-3-2-7-15(16)20-11)10-12-13(18)5-4-6-14(12)19/h2-8,11,20H,9-10H2,1H3. The van der Waals surface area contributed by atoms with Crippen LogP contribution >= 0.6 is 11.6 Å². The van der Waals surface area contributed by atoms with Gasteiger partial charge in [-0.1, -0.05) is 29.8 Å². The van der Waals surface area contributed by atoms with Gasteiger partial charge in [0.25, 0.3) is 0 Å². The second-order valence-corrected chi connectivity index (χ2v) is 5.85. The molecular weight excluding hydrogens is 303 g/mol. The number of amides is 1. The number of anilines is 2. The highest BCUT2D eigenvalue weighted by molar-refractivity contribution is 6.31. The Bertz CT molecular complexity index is 699. The first-order chi connectivity index (χ1) is 10.6. The summed E-state index contributed by atoms with van der Waals surface area (Å²) in [7, 11) is 0. The summed E-state index contributed by atoms with van der Waals surface area (Å²) >= 11 is 6.10. The number of para-hydroxylation sites is 2. The van der Waals surface area contributed by atoms with E-state index in [1.165, 1.54) is 6.07 Å². The van der Waals surface area contributed by atoms with Crippen LogP contribution in [-0.4, -0.2) is 11.9 Å². The molecule has 1 heterocycles. The molecule has 0 aromatic heterocycles. The van der Waals surface area contributed by atoms with Gasteiger partial charge in [-0.15, -0.1) is 0 Å². The van der Waals surface area contributed by atoms with Crippen LogP contribution in [0, 0.1) is 5.82 Å². The quantitative estimate of drug-likeness (QED) is 0.899. The fraction of sp³-hybridized carbons (Fsp3) is 0.235. The fourth-order valence-corrected chi connectivity index (χ4v) is 2.89. The lowest BCUT2D eigenvalue weighted by molar-refractivity contribution is -0.118. The Labute approximate surface area is 133 Å². The van der Waals surface area contributed by atoms with E-state index in [9.17, 15) is 9.18 Å². The van der Waals surface area contributed by atoms with Crippen LogP contribution in [0.2, 0.25) is 5.02 Å². The molecule has 5 heteroatoms. The van der Waals surface area contributed by atoms with Crippen molar-refractivity contribution >= 4 is 28.9 Å². The van der Waals surface area contributed by atoms with E-state index in [1.807, 2.05) is 31.2 Å². The van der Waals surface area contributed by atoms with Gasteiger partial charge >= 0.3 is 0 Å². The molecule has 0 radical (unpaired) electrons. The van der Waals surface area contributed by atoms with Crippen LogP contribution in [0.5, 0.6) is 0 Å². The summed E-state index contributed by atoms with van der Waals surface area (Å²) in [4.78, 5) is 14.1. The van der Waals surface area contributed by atoms with Crippen molar-refractivity contribution in [2.45, 2.75) is 25.9 Å². The molecule has 0 aliphatic carbocycles. The van der Waals surface area contributed by atoms with Gasteiger partial charge in [-0.25, -0.2) is 4.39 Å². The molecule has 1 unspecified atom stereocenters. The van der Waals surface area contributed by atoms with Gasteiger partial charge in [-0.05, 0) is 31.2 Å². The van der Waals surface area contributed by atoms with E-state index in [-0.39, 0.29) is 18.5 Å². The Kier molecular flexibility index (Phi) is 4.03. The summed E-state index contributed by atoms with van der Waals surface area (Å²) in [6.45, 7) is 2.07. The molecule has 1 N–H and O–H groups in total. The van der Waals surface area contributed by atoms with Crippen molar-refractivity contribution in [1.29, 1.82) is 0 Å². The van der Waals surface area contributed by atoms with Crippen molar-refractivity contribution in [2.75, 3.05) is 10.2 Å². The van der Waals surface area contributed by atoms with Crippen molar-refractivity contribution in [3.8, 4) is 0 Å². The van der Waals surface area contributed by atoms with Crippen LogP contribution in [0.15, 0.2) is 42.5 Å². The third-order valence-electron chi connectivity index (χ3n) is 3.76. The van der Waals surface area contributed by atoms with Crippen LogP contribution in [0.1, 0.15) is 18.9 Å². The average molecular weight is 319 g/mol. The van der Waals surface area contributed by atoms with E-state index in [2.05, 4.69) is 5.32 Å². The molecule has 1 amide bonds. The maximum Gasteiger partial charge on any atom is 0.229 e. The van der Waals surface area contributed by atoms with Gasteiger partial charge in [-0.2, -0.15) is 0 Å². The van der Waals surface area contributed by atoms with Gasteiger partial charge < -0.3 is 10.2 Å². The maximum absolute atomic E-state index is 14.0. The minimum absolute atomic E-state index is 0.0229. The maximum atomic E-state index is 14.0. The van der Waals surface area contributed by atoms with Crippen molar-refractivity contribution in [3.05, 3.63) is 58.9 Å². The first-order valence-electron chi connectivity index (χ1n) is 7.15. The topological polar surface area (TPSA) is 32.3 Å². The Morgan fingerprint density at radius 1 is 1.27 bits per heavy atom. The van der Waals surface area contributed by atoms with E-state index >= 15 is 0 Å². The summed E-state index contributed by atoms with van der Waals surface area (Å²) in [5.74, 6) is -0.452. The van der Waals surface area contributed by atoms with Crippen molar-refractivity contribution in [1.82, 2.24) is 0 Å². The van der Waals surface area contributed by atoms with Gasteiger partial charge in [0.1, 0.15) is 5.82 Å². The molecule has 22 heavy (non-hydrogen) atoms. The zero-order chi connectivity index (χ0) is 15.7. The normalized spacial score (nSPS) is 17.7. The van der Waals surface area contributed by atoms with E-state index in [0.29, 0.717) is 17.0 Å². The molecule has 0 saturated heterocycles. The van der Waals surface area contributed by atoms with Crippen molar-refractivity contribution in [2.24, 2.45) is 0 Å². The molecule has 2 aromatic rings. The Morgan fingerprint density at radius 3 is 2.82 bits per heavy atom. The lowest BCUT2D eigenvalue weighted by Gasteiger charge is -2.23. The first-order valence-corrected chi connectivity index (χ1v) is 7.53. The Morgan fingerprint density at radius 2 is 2.05 bits per heavy atom. The number of hydrogen-bond acceptors (Lipinski definition) is 2. The summed E-state index contributed by atoms with van der Waals surface area (Å²) in [5.41, 5.74) is 1.95. The fourth-order valence-electron chi connectivity index (χ4n) is 2.67. The molecule has 0 spiro atoms. The van der Waals surface area contributed by atoms with Crippen LogP contribution < -0.4 is 10.2 Å². The highest BCUT2D eigenvalue weighted by Gasteiger charge is 2.26. The highest BCUT2D eigenvalue weighted by Crippen LogP contribution is 2.33. The average Bonchev–Trinajstić information content (AvgIpc) is 2.59. The third-order valence-corrected chi connectivity index (χ3v) is 4.11. The largest absolute Gasteiger partial charge is 0.380 e. The number of carbonyl (C=O) groups excluding carboxylic acids is 1. The summed E-state index contributed by atoms with van der Waals surface area (Å²) < 4.78 is 14.0. The monoisotopic (exact) mass is 318 g/mol. The van der Waals surface area contributed by atoms with Crippen LogP contribution in [-0.2, 0) is 11.3 Å². The molecule has 3 rings (SSSR count). The van der Waals surface area contributed by atoms with Gasteiger partial charge in [0.2, 0.25) is 5.91 Å². The lowest BCUT2D eigenvalue weighted by Crippen LogP contribution is -2.31. The SMILES string of the molecule is CC1CC(=O)N(Cc2c(F)cccc2Cl)c2ccccc2N1. The second kappa shape index (κ2) is 5.97. The summed E-state index contributed by atoms with van der Waals surface area (Å²) in [6, 6.07) is 12.1. The van der Waals surface area contributed by atoms with Crippen LogP contribution in [0.3, 0.4) is 0 Å². The van der Waals surface area contributed by atoms with Gasteiger partial charge in [0.05, 0.1) is 17.9 Å². The molecule has 0 bridgehead atoms. The zero-order valence-electron chi connectivity index (χ0n) is 12.1. The van der Waals surface area contributed by atoms with Gasteiger partial charge in [0.15, 0.2) is 0 Å². The summed E-state index contributed by atoms with van der Waals surface area (Å²) in [6.07, 6.45) is 0.348. The predicted octanol–water partition coefficient (Wildman–Crippen LogP) is 4.22. The van der Waals surface area contributed by atoms with Crippen LogP contribution in [0.4, 0.5) is 15.8 Å². The third kappa shape index (κ3) is 2.79. The predicted molar refractivity (Wildman–Crippen MR) is 86.7 cm³/mol. The molecule has 3 nitrogen and oxygen atoms in total.